The number of hydrogen-bond donors (Lipinski definition) is 6. The smallest absolute Gasteiger partial charge is 0.352 e. The third kappa shape index (κ3) is 13.4. The van der Waals surface area contributed by atoms with Gasteiger partial charge in [-0.2, -0.15) is 10.3 Å². The number of carbonyl (C=O) groups excluding carboxylic acids is 2. The average Bonchev–Trinajstić information content (AvgIpc) is 4.33. The van der Waals surface area contributed by atoms with Crippen LogP contribution < -0.4 is 30.0 Å². The Morgan fingerprint density at radius 1 is 0.675 bits per heavy atom. The number of fused-ring (bicyclic) bond motifs is 4. The maximum absolute atomic E-state index is 12.9. The number of isothiocyanates is 1. The van der Waals surface area contributed by atoms with Crippen molar-refractivity contribution in [3.05, 3.63) is 143 Å². The van der Waals surface area contributed by atoms with E-state index in [9.17, 15) is 14.4 Å². The van der Waals surface area contributed by atoms with Crippen LogP contribution in [0.5, 0.6) is 23.0 Å². The highest BCUT2D eigenvalue weighted by Gasteiger charge is 2.35. The number of para-hydroxylation sites is 3. The highest BCUT2D eigenvalue weighted by atomic mass is 35.5. The summed E-state index contributed by atoms with van der Waals surface area (Å²) in [6.07, 6.45) is 0. The van der Waals surface area contributed by atoms with Gasteiger partial charge in [0.2, 0.25) is 4.77 Å². The van der Waals surface area contributed by atoms with Gasteiger partial charge >= 0.3 is 5.97 Å². The predicted octanol–water partition coefficient (Wildman–Crippen LogP) is 10.6. The number of carboxylic acids is 1. The van der Waals surface area contributed by atoms with Crippen LogP contribution in [0, 0.1) is 27.9 Å². The minimum atomic E-state index is -0.925. The molecule has 3 saturated heterocycles. The van der Waals surface area contributed by atoms with Crippen LogP contribution in [0.25, 0.3) is 43.6 Å². The topological polar surface area (TPSA) is 254 Å². The van der Waals surface area contributed by atoms with E-state index in [-0.39, 0.29) is 36.0 Å². The number of aromatic nitrogens is 5. The molecule has 4 aromatic heterocycles. The van der Waals surface area contributed by atoms with Crippen LogP contribution in [0.15, 0.2) is 120 Å². The number of anilines is 1. The fourth-order valence-electron chi connectivity index (χ4n) is 9.00. The number of aromatic amines is 3. The standard InChI is InChI=1S/C22H21N5O3S.C13H14N2O.C10H8N2O2S.C9H7NO2.C4H9N.ClH/c1-29-18-8-14-16(9-19(18)30-2)25-22(31)27(20(14)23)13-10-26(11-13)21(28)17-7-12-5-3-4-6-15(12)24-17;1-9-7-15(8-9)13(16)12-6-10-4-2-3-5-11(10)14-12;1-13-9-3-7(5-11)8(12-6-15)4-10(9)14-2;11-9(12)8-5-6-3-1-2-4-7(6)10-8;1-4-2-5-3-4;/h3-9,13,24H,10-11,23H2,1-2H3;2-6,9,14H,7-8H2,1H3;3-4H,1-2H3;1-5,10H,(H,11,12);4-5H,2-3H2,1H3;1H. The minimum Gasteiger partial charge on any atom is -0.493 e. The van der Waals surface area contributed by atoms with E-state index in [4.69, 9.17) is 47.3 Å². The van der Waals surface area contributed by atoms with Gasteiger partial charge in [-0.1, -0.05) is 68.4 Å². The molecule has 5 aromatic carbocycles. The van der Waals surface area contributed by atoms with Gasteiger partial charge in [0.15, 0.2) is 23.0 Å². The van der Waals surface area contributed by atoms with Crippen LogP contribution in [0.1, 0.15) is 56.9 Å². The lowest BCUT2D eigenvalue weighted by atomic mass is 10.0. The molecule has 3 aliphatic rings. The number of ether oxygens (including phenoxy) is 4. The first-order valence-corrected chi connectivity index (χ1v) is 25.9. The molecule has 0 bridgehead atoms. The van der Waals surface area contributed by atoms with Crippen molar-refractivity contribution < 1.29 is 38.4 Å². The van der Waals surface area contributed by atoms with Crippen LogP contribution >= 0.6 is 36.8 Å². The molecular weight excluding hydrogens is 1080 g/mol. The first-order chi connectivity index (χ1) is 38.2. The van der Waals surface area contributed by atoms with E-state index in [0.29, 0.717) is 80.7 Å². The maximum atomic E-state index is 12.9. The van der Waals surface area contributed by atoms with Crippen molar-refractivity contribution in [2.24, 2.45) is 16.8 Å². The quantitative estimate of drug-likeness (QED) is 0.0581. The van der Waals surface area contributed by atoms with Gasteiger partial charge in [-0.25, -0.2) is 9.78 Å². The van der Waals surface area contributed by atoms with Gasteiger partial charge in [0.05, 0.1) is 56.4 Å². The largest absolute Gasteiger partial charge is 0.493 e. The normalized spacial score (nSPS) is 13.5. The molecular formula is C58H60ClN11O8S2. The van der Waals surface area contributed by atoms with Gasteiger partial charge in [-0.15, -0.1) is 12.4 Å². The van der Waals surface area contributed by atoms with Crippen molar-refractivity contribution in [1.82, 2.24) is 39.6 Å². The molecule has 7 N–H and O–H groups in total. The zero-order valence-electron chi connectivity index (χ0n) is 44.7. The lowest BCUT2D eigenvalue weighted by Gasteiger charge is -2.40. The number of aliphatic imine (C=N–C) groups is 1. The number of likely N-dealkylation sites (tertiary alicyclic amines) is 2. The van der Waals surface area contributed by atoms with Gasteiger partial charge in [0.1, 0.15) is 29.0 Å². The second kappa shape index (κ2) is 26.7. The monoisotopic (exact) mass is 1140 g/mol. The third-order valence-electron chi connectivity index (χ3n) is 13.4. The predicted molar refractivity (Wildman–Crippen MR) is 318 cm³/mol. The summed E-state index contributed by atoms with van der Waals surface area (Å²) in [4.78, 5) is 56.6. The Morgan fingerprint density at radius 2 is 1.11 bits per heavy atom. The van der Waals surface area contributed by atoms with E-state index < -0.39 is 5.97 Å². The lowest BCUT2D eigenvalue weighted by Crippen LogP contribution is -2.51. The number of methoxy groups -OCH3 is 4. The van der Waals surface area contributed by atoms with Crippen LogP contribution in [0.3, 0.4) is 0 Å². The second-order valence-electron chi connectivity index (χ2n) is 19.0. The molecule has 22 heteroatoms. The summed E-state index contributed by atoms with van der Waals surface area (Å²) in [5.41, 5.74) is 12.2. The van der Waals surface area contributed by atoms with E-state index in [2.05, 4.69) is 61.5 Å². The number of nitrogens with zero attached hydrogens (tertiary/aromatic N) is 6. The molecule has 0 radical (unpaired) electrons. The van der Waals surface area contributed by atoms with E-state index in [0.717, 1.165) is 57.1 Å². The molecule has 3 aliphatic heterocycles. The summed E-state index contributed by atoms with van der Waals surface area (Å²) in [7, 11) is 6.15. The summed E-state index contributed by atoms with van der Waals surface area (Å²) in [5.74, 6) is 3.36. The number of carboxylic acid groups (broad SMARTS) is 1. The molecule has 7 heterocycles. The van der Waals surface area contributed by atoms with Crippen molar-refractivity contribution in [3.63, 3.8) is 0 Å². The van der Waals surface area contributed by atoms with Gasteiger partial charge in [-0.3, -0.25) is 14.2 Å². The number of thiocarbonyl (C=S) groups is 1. The van der Waals surface area contributed by atoms with Gasteiger partial charge in [-0.05, 0) is 91.8 Å². The molecule has 9 aromatic rings. The second-order valence-corrected chi connectivity index (χ2v) is 19.5. The Labute approximate surface area is 477 Å². The molecule has 2 amide bonds. The average molecular weight is 1140 g/mol. The van der Waals surface area contributed by atoms with Crippen molar-refractivity contribution in [2.75, 3.05) is 73.4 Å². The highest BCUT2D eigenvalue weighted by molar-refractivity contribution is 7.78. The first kappa shape index (κ1) is 58.9. The molecule has 0 atom stereocenters. The third-order valence-corrected chi connectivity index (χ3v) is 13.8. The summed E-state index contributed by atoms with van der Waals surface area (Å²) in [5, 5.41) is 26.6. The number of benzene rings is 5. The molecule has 12 rings (SSSR count). The van der Waals surface area contributed by atoms with Crippen molar-refractivity contribution in [2.45, 2.75) is 19.9 Å². The fraction of sp³-hybridized carbons (Fsp3) is 0.259. The number of aromatic carboxylic acids is 1. The van der Waals surface area contributed by atoms with Crippen molar-refractivity contribution >= 4 is 115 Å². The van der Waals surface area contributed by atoms with Crippen LogP contribution in [0.4, 0.5) is 11.5 Å². The number of nitriles is 1. The van der Waals surface area contributed by atoms with E-state index in [1.807, 2.05) is 100 Å². The molecule has 0 saturated carbocycles. The van der Waals surface area contributed by atoms with Crippen LogP contribution in [-0.2, 0) is 0 Å². The number of hydrogen-bond acceptors (Lipinski definition) is 14. The van der Waals surface area contributed by atoms with Crippen molar-refractivity contribution in [3.8, 4) is 29.1 Å². The molecule has 414 valence electrons. The summed E-state index contributed by atoms with van der Waals surface area (Å²) in [6, 6.07) is 37.3. The Hall–Kier alpha value is -8.77. The number of rotatable bonds is 9. The Balaban J connectivity index is 0.000000160. The van der Waals surface area contributed by atoms with Gasteiger partial charge in [0, 0.05) is 82.5 Å². The number of H-pyrrole nitrogens is 3. The molecule has 0 spiro atoms. The Kier molecular flexibility index (Phi) is 19.7. The van der Waals surface area contributed by atoms with E-state index in [1.54, 1.807) is 49.5 Å². The zero-order valence-corrected chi connectivity index (χ0v) is 47.2. The molecule has 0 aliphatic carbocycles. The molecule has 0 unspecified atom stereocenters. The number of amides is 2. The number of nitrogens with one attached hydrogen (secondary N) is 4. The number of nitrogen functional groups attached to an aromatic ring is 1. The number of carbonyl (C=O) groups is 3. The van der Waals surface area contributed by atoms with Gasteiger partial charge < -0.3 is 59.9 Å². The summed E-state index contributed by atoms with van der Waals surface area (Å²) >= 11 is 10.00. The fourth-order valence-corrected chi connectivity index (χ4v) is 9.44. The molecule has 3 fully saturated rings. The van der Waals surface area contributed by atoms with Crippen LogP contribution in [0.2, 0.25) is 0 Å². The lowest BCUT2D eigenvalue weighted by molar-refractivity contribution is 0.0512. The van der Waals surface area contributed by atoms with Crippen molar-refractivity contribution in [1.29, 1.82) is 5.26 Å². The number of nitrogens with two attached hydrogens (primary N) is 1. The molecule has 19 nitrogen and oxygen atoms in total. The summed E-state index contributed by atoms with van der Waals surface area (Å²) < 4.78 is 23.0. The Morgan fingerprint density at radius 3 is 1.54 bits per heavy atom. The SMILES string of the molecule is CC1CN(C(=O)c2cc3ccccc3[nH]2)C1.CC1CNC1.COc1cc(C#N)c(N=C=S)cc1OC.COc1cc2nc(=S)n(C3CN(C(=O)c4cc5ccccc5[nH]4)C3)c(N)c2cc1OC.Cl.O=C(O)c1cc2ccccc2[nH]1. The zero-order chi connectivity index (χ0) is 56.3. The highest BCUT2D eigenvalue weighted by Crippen LogP contribution is 2.37. The first-order valence-electron chi connectivity index (χ1n) is 25.1. The Bertz CT molecular complexity index is 3750. The van der Waals surface area contributed by atoms with E-state index >= 15 is 0 Å². The molecule has 80 heavy (non-hydrogen) atoms. The van der Waals surface area contributed by atoms with Gasteiger partial charge in [0.25, 0.3) is 11.8 Å². The maximum Gasteiger partial charge on any atom is 0.352 e. The summed E-state index contributed by atoms with van der Waals surface area (Å²) in [6.45, 7) is 9.66. The van der Waals surface area contributed by atoms with E-state index in [1.165, 1.54) is 27.3 Å². The number of halogens is 1. The minimum absolute atomic E-state index is 0. The van der Waals surface area contributed by atoms with Crippen LogP contribution in [-0.4, -0.2) is 130 Å².